The van der Waals surface area contributed by atoms with E-state index < -0.39 is 0 Å². The number of nitrogens with one attached hydrogen (secondary N) is 1. The number of ether oxygens (including phenoxy) is 1. The van der Waals surface area contributed by atoms with Crippen LogP contribution in [0.1, 0.15) is 16.8 Å². The number of amides is 1. The van der Waals surface area contributed by atoms with Crippen LogP contribution in [0.15, 0.2) is 77.7 Å². The Labute approximate surface area is 151 Å². The summed E-state index contributed by atoms with van der Waals surface area (Å²) in [5.74, 6) is 1.25. The van der Waals surface area contributed by atoms with Gasteiger partial charge in [0, 0.05) is 30.9 Å². The Kier molecular flexibility index (Phi) is 5.77. The normalized spacial score (nSPS) is 10.3. The van der Waals surface area contributed by atoms with E-state index in [4.69, 9.17) is 4.74 Å². The number of benzene rings is 2. The lowest BCUT2D eigenvalue weighted by molar-refractivity contribution is 0.0952. The Balaban J connectivity index is 1.47. The molecule has 26 heavy (non-hydrogen) atoms. The Morgan fingerprint density at radius 3 is 2.42 bits per heavy atom. The monoisotopic (exact) mass is 349 g/mol. The second-order valence-electron chi connectivity index (χ2n) is 5.63. The molecule has 6 nitrogen and oxygen atoms in total. The SMILES string of the molecule is O=C(NCCCn1ncccc1=O)c1ccc(Oc2ccccc2)cc1. The molecule has 0 atom stereocenters. The first kappa shape index (κ1) is 17.4. The van der Waals surface area contributed by atoms with Crippen molar-refractivity contribution in [2.45, 2.75) is 13.0 Å². The minimum absolute atomic E-state index is 0.146. The van der Waals surface area contributed by atoms with E-state index in [1.54, 1.807) is 36.5 Å². The summed E-state index contributed by atoms with van der Waals surface area (Å²) >= 11 is 0. The van der Waals surface area contributed by atoms with Gasteiger partial charge in [-0.25, -0.2) is 4.68 Å². The average Bonchev–Trinajstić information content (AvgIpc) is 2.68. The lowest BCUT2D eigenvalue weighted by Gasteiger charge is -2.08. The summed E-state index contributed by atoms with van der Waals surface area (Å²) in [5, 5.41) is 6.81. The molecular formula is C20H19N3O3. The van der Waals surface area contributed by atoms with Crippen molar-refractivity contribution < 1.29 is 9.53 Å². The van der Waals surface area contributed by atoms with Crippen LogP contribution in [0.25, 0.3) is 0 Å². The minimum atomic E-state index is -0.162. The van der Waals surface area contributed by atoms with Gasteiger partial charge < -0.3 is 10.1 Å². The van der Waals surface area contributed by atoms with Gasteiger partial charge in [-0.2, -0.15) is 5.10 Å². The second-order valence-corrected chi connectivity index (χ2v) is 5.63. The molecule has 0 unspecified atom stereocenters. The molecular weight excluding hydrogens is 330 g/mol. The van der Waals surface area contributed by atoms with Gasteiger partial charge in [-0.15, -0.1) is 0 Å². The zero-order valence-electron chi connectivity index (χ0n) is 14.2. The van der Waals surface area contributed by atoms with E-state index >= 15 is 0 Å². The van der Waals surface area contributed by atoms with Crippen LogP contribution in [-0.4, -0.2) is 22.2 Å². The molecule has 0 radical (unpaired) electrons. The van der Waals surface area contributed by atoms with Crippen molar-refractivity contribution in [2.24, 2.45) is 0 Å². The van der Waals surface area contributed by atoms with E-state index in [1.807, 2.05) is 30.3 Å². The first-order chi connectivity index (χ1) is 12.7. The Morgan fingerprint density at radius 1 is 0.962 bits per heavy atom. The van der Waals surface area contributed by atoms with Crippen molar-refractivity contribution in [3.63, 3.8) is 0 Å². The van der Waals surface area contributed by atoms with E-state index in [-0.39, 0.29) is 11.5 Å². The molecule has 0 spiro atoms. The Hall–Kier alpha value is -3.41. The summed E-state index contributed by atoms with van der Waals surface area (Å²) in [4.78, 5) is 23.7. The van der Waals surface area contributed by atoms with Gasteiger partial charge in [-0.1, -0.05) is 18.2 Å². The quantitative estimate of drug-likeness (QED) is 0.666. The third-order valence-corrected chi connectivity index (χ3v) is 3.71. The molecule has 1 N–H and O–H groups in total. The molecule has 0 fully saturated rings. The van der Waals surface area contributed by atoms with E-state index in [0.717, 1.165) is 5.75 Å². The Bertz CT molecular complexity index is 905. The Morgan fingerprint density at radius 2 is 1.69 bits per heavy atom. The van der Waals surface area contributed by atoms with Crippen LogP contribution in [-0.2, 0) is 6.54 Å². The second kappa shape index (κ2) is 8.62. The molecule has 0 bridgehead atoms. The number of hydrogen-bond acceptors (Lipinski definition) is 4. The number of rotatable bonds is 7. The first-order valence-corrected chi connectivity index (χ1v) is 8.36. The molecule has 0 aliphatic rings. The van der Waals surface area contributed by atoms with Crippen LogP contribution < -0.4 is 15.6 Å². The summed E-state index contributed by atoms with van der Waals surface area (Å²) in [5.41, 5.74) is 0.410. The number of para-hydroxylation sites is 1. The lowest BCUT2D eigenvalue weighted by Crippen LogP contribution is -2.27. The molecule has 2 aromatic carbocycles. The summed E-state index contributed by atoms with van der Waals surface area (Å²) in [6, 6.07) is 19.5. The zero-order valence-corrected chi connectivity index (χ0v) is 14.2. The number of carbonyl (C=O) groups is 1. The van der Waals surface area contributed by atoms with E-state index in [2.05, 4.69) is 10.4 Å². The molecule has 0 aliphatic heterocycles. The summed E-state index contributed by atoms with van der Waals surface area (Å²) in [6.07, 6.45) is 2.19. The van der Waals surface area contributed by atoms with Crippen molar-refractivity contribution in [1.29, 1.82) is 0 Å². The van der Waals surface area contributed by atoms with Gasteiger partial charge in [0.1, 0.15) is 11.5 Å². The molecule has 0 saturated carbocycles. The van der Waals surface area contributed by atoms with Crippen LogP contribution in [0.2, 0.25) is 0 Å². The van der Waals surface area contributed by atoms with Crippen molar-refractivity contribution in [1.82, 2.24) is 15.1 Å². The molecule has 0 saturated heterocycles. The minimum Gasteiger partial charge on any atom is -0.457 e. The number of hydrogen-bond donors (Lipinski definition) is 1. The molecule has 3 rings (SSSR count). The van der Waals surface area contributed by atoms with Gasteiger partial charge >= 0.3 is 0 Å². The third kappa shape index (κ3) is 4.80. The smallest absolute Gasteiger partial charge is 0.266 e. The maximum absolute atomic E-state index is 12.2. The number of aryl methyl sites for hydroxylation is 1. The molecule has 6 heteroatoms. The van der Waals surface area contributed by atoms with E-state index in [0.29, 0.717) is 30.8 Å². The van der Waals surface area contributed by atoms with Crippen molar-refractivity contribution >= 4 is 5.91 Å². The summed E-state index contributed by atoms with van der Waals surface area (Å²) < 4.78 is 7.08. The maximum atomic E-state index is 12.2. The first-order valence-electron chi connectivity index (χ1n) is 8.36. The third-order valence-electron chi connectivity index (χ3n) is 3.71. The fourth-order valence-corrected chi connectivity index (χ4v) is 2.39. The van der Waals surface area contributed by atoms with Crippen LogP contribution in [0.5, 0.6) is 11.5 Å². The molecule has 1 aromatic heterocycles. The fraction of sp³-hybridized carbons (Fsp3) is 0.150. The van der Waals surface area contributed by atoms with E-state index in [1.165, 1.54) is 10.7 Å². The van der Waals surface area contributed by atoms with Crippen molar-refractivity contribution in [2.75, 3.05) is 6.54 Å². The molecule has 3 aromatic rings. The number of nitrogens with zero attached hydrogens (tertiary/aromatic N) is 2. The zero-order chi connectivity index (χ0) is 18.2. The van der Waals surface area contributed by atoms with Crippen LogP contribution in [0.3, 0.4) is 0 Å². The number of carbonyl (C=O) groups excluding carboxylic acids is 1. The highest BCUT2D eigenvalue weighted by atomic mass is 16.5. The van der Waals surface area contributed by atoms with Crippen LogP contribution >= 0.6 is 0 Å². The van der Waals surface area contributed by atoms with Gasteiger partial charge in [-0.05, 0) is 48.9 Å². The summed E-state index contributed by atoms with van der Waals surface area (Å²) in [6.45, 7) is 0.925. The van der Waals surface area contributed by atoms with Gasteiger partial charge in [0.2, 0.25) is 0 Å². The fourth-order valence-electron chi connectivity index (χ4n) is 2.39. The van der Waals surface area contributed by atoms with Gasteiger partial charge in [0.05, 0.1) is 0 Å². The molecule has 0 aliphatic carbocycles. The van der Waals surface area contributed by atoms with Gasteiger partial charge in [-0.3, -0.25) is 9.59 Å². The largest absolute Gasteiger partial charge is 0.457 e. The number of aromatic nitrogens is 2. The van der Waals surface area contributed by atoms with Crippen molar-refractivity contribution in [3.8, 4) is 11.5 Å². The van der Waals surface area contributed by atoms with E-state index in [9.17, 15) is 9.59 Å². The highest BCUT2D eigenvalue weighted by Gasteiger charge is 2.06. The van der Waals surface area contributed by atoms with Crippen molar-refractivity contribution in [3.05, 3.63) is 88.8 Å². The predicted molar refractivity (Wildman–Crippen MR) is 98.4 cm³/mol. The molecule has 1 amide bonds. The summed E-state index contributed by atoms with van der Waals surface area (Å²) in [7, 11) is 0. The molecule has 1 heterocycles. The maximum Gasteiger partial charge on any atom is 0.266 e. The van der Waals surface area contributed by atoms with Gasteiger partial charge in [0.15, 0.2) is 0 Å². The standard InChI is InChI=1S/C20H19N3O3/c24-19-8-4-14-22-23(19)15-5-13-21-20(25)16-9-11-18(12-10-16)26-17-6-2-1-3-7-17/h1-4,6-12,14H,5,13,15H2,(H,21,25). The molecule has 132 valence electrons. The van der Waals surface area contributed by atoms with Crippen LogP contribution in [0, 0.1) is 0 Å². The van der Waals surface area contributed by atoms with Gasteiger partial charge in [0.25, 0.3) is 11.5 Å². The average molecular weight is 349 g/mol. The topological polar surface area (TPSA) is 73.2 Å². The lowest BCUT2D eigenvalue weighted by atomic mass is 10.2. The highest BCUT2D eigenvalue weighted by Crippen LogP contribution is 2.21. The highest BCUT2D eigenvalue weighted by molar-refractivity contribution is 5.94. The van der Waals surface area contributed by atoms with Crippen LogP contribution in [0.4, 0.5) is 0 Å². The predicted octanol–water partition coefficient (Wildman–Crippen LogP) is 2.86.